The number of halogens is 1. The van der Waals surface area contributed by atoms with Gasteiger partial charge in [0.05, 0.1) is 71.7 Å². The number of methoxy groups -OCH3 is 2. The van der Waals surface area contributed by atoms with E-state index in [9.17, 15) is 19.2 Å². The van der Waals surface area contributed by atoms with E-state index in [-0.39, 0.29) is 95.1 Å². The van der Waals surface area contributed by atoms with Gasteiger partial charge in [-0.3, -0.25) is 14.2 Å². The van der Waals surface area contributed by atoms with Crippen LogP contribution in [0, 0.1) is 17.7 Å². The Bertz CT molecular complexity index is 2950. The summed E-state index contributed by atoms with van der Waals surface area (Å²) in [6, 6.07) is 13.5. The SMILES string of the molecule is COC(=O)N[C@H](C(=O)N1CCC[C@H]1c1ncc(-c2cc(F)c3c(c2)OC(c2ccc(C(C)(C)C)s2)n2c-3cc3cc(-c4cnc([C@@H]5CCCN5C(=O)[C@@H](NC(=O)OC)C(C)C)[nH]4)ccc32)[nH]1)C(C)C.S.S.S.S. The van der Waals surface area contributed by atoms with Crippen molar-refractivity contribution in [2.75, 3.05) is 27.3 Å². The largest absolute Gasteiger partial charge is 0.464 e. The molecule has 9 rings (SSSR count). The molecule has 3 aliphatic rings. The molecule has 16 nitrogen and oxygen atoms in total. The lowest BCUT2D eigenvalue weighted by Gasteiger charge is -2.30. The molecule has 1 unspecified atom stereocenters. The number of aromatic nitrogens is 5. The van der Waals surface area contributed by atoms with Gasteiger partial charge in [-0.2, -0.15) is 54.0 Å². The lowest BCUT2D eigenvalue weighted by atomic mass is 9.95. The van der Waals surface area contributed by atoms with Crippen molar-refractivity contribution in [3.63, 3.8) is 0 Å². The summed E-state index contributed by atoms with van der Waals surface area (Å²) >= 11 is 1.67. The standard InChI is InChI=1S/C51H60FN9O7S.4H2S/c1-26(2)42(57-49(64)66-8)46(62)59-18-10-12-35(59)44-53-24-32(55-44)28-14-15-34-30(20-28)22-37-41-31(52)21-29(23-38(41)68-48(61(34)37)39-16-17-40(69-39)51(5,6)7)33-25-54-45(56-33)36-13-11-19-60(36)47(63)43(27(3)4)58-50(65)67-9;;;;/h14-17,20-27,35-36,42-43,48H,10-13,18-19H2,1-9H3,(H,53,55)(H,54,56)(H,57,64)(H,58,65);4*1H2/t35-,36-,42-,43-,48?;;;;/m0..../s1. The number of aromatic amines is 2. The molecule has 2 aromatic carbocycles. The number of hydrogen-bond acceptors (Lipinski definition) is 10. The zero-order valence-corrected chi connectivity index (χ0v) is 47.3. The second kappa shape index (κ2) is 23.5. The third-order valence-corrected chi connectivity index (χ3v) is 15.1. The van der Waals surface area contributed by atoms with Crippen LogP contribution in [0.1, 0.15) is 114 Å². The Morgan fingerprint density at radius 1 is 0.753 bits per heavy atom. The first-order valence-electron chi connectivity index (χ1n) is 23.6. The van der Waals surface area contributed by atoms with E-state index >= 15 is 4.39 Å². The maximum Gasteiger partial charge on any atom is 0.407 e. The quantitative estimate of drug-likeness (QED) is 0.0979. The normalized spacial score (nSPS) is 17.8. The fourth-order valence-corrected chi connectivity index (χ4v) is 11.0. The van der Waals surface area contributed by atoms with Crippen LogP contribution in [0.25, 0.3) is 44.7 Å². The Morgan fingerprint density at radius 3 is 1.78 bits per heavy atom. The Kier molecular flexibility index (Phi) is 18.9. The van der Waals surface area contributed by atoms with Gasteiger partial charge in [0.25, 0.3) is 0 Å². The van der Waals surface area contributed by atoms with Crippen molar-refractivity contribution in [1.82, 2.24) is 44.9 Å². The van der Waals surface area contributed by atoms with E-state index in [0.717, 1.165) is 46.3 Å². The van der Waals surface area contributed by atoms with Crippen LogP contribution in [0.3, 0.4) is 0 Å². The molecule has 0 spiro atoms. The van der Waals surface area contributed by atoms with Crippen LogP contribution < -0.4 is 15.4 Å². The molecule has 3 aliphatic heterocycles. The predicted molar refractivity (Wildman–Crippen MR) is 302 cm³/mol. The minimum Gasteiger partial charge on any atom is -0.464 e. The van der Waals surface area contributed by atoms with E-state index in [1.807, 2.05) is 52.0 Å². The Labute approximate surface area is 457 Å². The molecule has 2 saturated heterocycles. The van der Waals surface area contributed by atoms with Gasteiger partial charge in [-0.1, -0.05) is 54.5 Å². The molecular weight excluding hydrogens is 1030 g/mol. The summed E-state index contributed by atoms with van der Waals surface area (Å²) < 4.78 is 35.5. The second-order valence-corrected chi connectivity index (χ2v) is 21.0. The average Bonchev–Trinajstić information content (AvgIpc) is 4.18. The lowest BCUT2D eigenvalue weighted by Crippen LogP contribution is -2.51. The van der Waals surface area contributed by atoms with E-state index in [4.69, 9.17) is 24.2 Å². The molecule has 7 heterocycles. The molecule has 6 aromatic rings. The Balaban J connectivity index is 0.00000247. The monoisotopic (exact) mass is 1100 g/mol. The van der Waals surface area contributed by atoms with Gasteiger partial charge in [0.15, 0.2) is 0 Å². The first kappa shape index (κ1) is 58.6. The number of ether oxygens (including phenoxy) is 3. The molecule has 0 aliphatic carbocycles. The molecule has 396 valence electrons. The minimum atomic E-state index is -0.773. The molecule has 22 heteroatoms. The van der Waals surface area contributed by atoms with Crippen LogP contribution in [-0.4, -0.2) is 97.7 Å². The van der Waals surface area contributed by atoms with Crippen LogP contribution >= 0.6 is 65.3 Å². The van der Waals surface area contributed by atoms with Gasteiger partial charge < -0.3 is 44.6 Å². The summed E-state index contributed by atoms with van der Waals surface area (Å²) in [6.07, 6.45) is 4.45. The molecule has 0 saturated carbocycles. The van der Waals surface area contributed by atoms with Gasteiger partial charge in [0, 0.05) is 34.5 Å². The summed E-state index contributed by atoms with van der Waals surface area (Å²) in [5, 5.41) is 6.27. The van der Waals surface area contributed by atoms with Crippen molar-refractivity contribution >= 4 is 100 Å². The highest BCUT2D eigenvalue weighted by Gasteiger charge is 2.40. The highest BCUT2D eigenvalue weighted by Crippen LogP contribution is 2.49. The summed E-state index contributed by atoms with van der Waals surface area (Å²) in [7, 11) is 2.55. The number of benzene rings is 2. The number of nitrogens with one attached hydrogen (secondary N) is 4. The van der Waals surface area contributed by atoms with Gasteiger partial charge in [0.2, 0.25) is 18.0 Å². The highest BCUT2D eigenvalue weighted by molar-refractivity contribution is 7.59. The van der Waals surface area contributed by atoms with Crippen LogP contribution in [-0.2, 0) is 24.5 Å². The smallest absolute Gasteiger partial charge is 0.407 e. The van der Waals surface area contributed by atoms with E-state index in [1.165, 1.54) is 25.2 Å². The first-order valence-corrected chi connectivity index (χ1v) is 24.4. The Morgan fingerprint density at radius 2 is 1.29 bits per heavy atom. The molecular formula is C51H68FN9O7S5. The molecule has 5 atom stereocenters. The number of carbonyl (C=O) groups excluding carboxylic acids is 4. The number of rotatable bonds is 11. The fourth-order valence-electron chi connectivity index (χ4n) is 9.87. The summed E-state index contributed by atoms with van der Waals surface area (Å²) in [6.45, 7) is 15.1. The van der Waals surface area contributed by atoms with Crippen molar-refractivity contribution in [3.05, 3.63) is 88.1 Å². The van der Waals surface area contributed by atoms with E-state index in [2.05, 4.69) is 64.1 Å². The average molecular weight is 1100 g/mol. The molecule has 73 heavy (non-hydrogen) atoms. The van der Waals surface area contributed by atoms with Crippen LogP contribution in [0.2, 0.25) is 0 Å². The first-order chi connectivity index (χ1) is 32.9. The number of likely N-dealkylation sites (tertiary alicyclic amines) is 2. The number of nitrogens with zero attached hydrogens (tertiary/aromatic N) is 5. The number of hydrogen-bond donors (Lipinski definition) is 4. The minimum absolute atomic E-state index is 0. The molecule has 0 radical (unpaired) electrons. The molecule has 4 N–H and O–H groups in total. The number of amides is 4. The number of alkyl carbamates (subject to hydrolysis) is 2. The molecule has 4 aromatic heterocycles. The fraction of sp³-hybridized carbons (Fsp3) is 0.451. The van der Waals surface area contributed by atoms with Crippen molar-refractivity contribution in [1.29, 1.82) is 0 Å². The number of H-pyrrole nitrogens is 2. The van der Waals surface area contributed by atoms with Crippen LogP contribution in [0.5, 0.6) is 5.75 Å². The molecule has 2 fully saturated rings. The van der Waals surface area contributed by atoms with Crippen molar-refractivity contribution < 1.29 is 37.8 Å². The van der Waals surface area contributed by atoms with Crippen molar-refractivity contribution in [2.24, 2.45) is 11.8 Å². The van der Waals surface area contributed by atoms with E-state index in [0.29, 0.717) is 59.4 Å². The summed E-state index contributed by atoms with van der Waals surface area (Å²) in [4.78, 5) is 74.0. The summed E-state index contributed by atoms with van der Waals surface area (Å²) in [5.41, 5.74) is 4.50. The zero-order valence-electron chi connectivity index (χ0n) is 42.4. The highest BCUT2D eigenvalue weighted by atomic mass is 32.1. The second-order valence-electron chi connectivity index (χ2n) is 19.9. The maximum absolute atomic E-state index is 17.0. The topological polar surface area (TPSA) is 189 Å². The lowest BCUT2D eigenvalue weighted by molar-refractivity contribution is -0.136. The van der Waals surface area contributed by atoms with Gasteiger partial charge in [-0.05, 0) is 85.4 Å². The van der Waals surface area contributed by atoms with Gasteiger partial charge in [-0.15, -0.1) is 11.3 Å². The van der Waals surface area contributed by atoms with Crippen molar-refractivity contribution in [3.8, 4) is 39.5 Å². The van der Waals surface area contributed by atoms with Crippen molar-refractivity contribution in [2.45, 2.75) is 110 Å². The third kappa shape index (κ3) is 11.4. The van der Waals surface area contributed by atoms with Gasteiger partial charge in [-0.25, -0.2) is 23.9 Å². The Hall–Kier alpha value is -5.29. The zero-order chi connectivity index (χ0) is 49.1. The summed E-state index contributed by atoms with van der Waals surface area (Å²) in [5.74, 6) is 0.418. The van der Waals surface area contributed by atoms with E-state index < -0.39 is 36.3 Å². The third-order valence-electron chi connectivity index (χ3n) is 13.5. The van der Waals surface area contributed by atoms with Gasteiger partial charge >= 0.3 is 12.2 Å². The predicted octanol–water partition coefficient (Wildman–Crippen LogP) is 10.1. The number of carbonyl (C=O) groups is 4. The van der Waals surface area contributed by atoms with Crippen LogP contribution in [0.4, 0.5) is 14.0 Å². The molecule has 0 bridgehead atoms. The number of imidazole rings is 2. The van der Waals surface area contributed by atoms with Crippen LogP contribution in [0.15, 0.2) is 60.9 Å². The number of fused-ring (bicyclic) bond motifs is 5. The molecule has 4 amide bonds. The number of thiophene rings is 1. The maximum atomic E-state index is 17.0. The van der Waals surface area contributed by atoms with E-state index in [1.54, 1.807) is 33.5 Å². The van der Waals surface area contributed by atoms with Gasteiger partial charge in [0.1, 0.15) is 35.3 Å².